The molecule has 0 aliphatic rings. The van der Waals surface area contributed by atoms with Crippen molar-refractivity contribution in [2.75, 3.05) is 6.61 Å². The minimum atomic E-state index is -0.366. The summed E-state index contributed by atoms with van der Waals surface area (Å²) in [6.07, 6.45) is 0.494. The van der Waals surface area contributed by atoms with E-state index in [1.54, 1.807) is 6.92 Å². The summed E-state index contributed by atoms with van der Waals surface area (Å²) in [4.78, 5) is 20.0. The average Bonchev–Trinajstić information content (AvgIpc) is 1.88. The lowest BCUT2D eigenvalue weighted by Crippen LogP contribution is -2.21. The molecule has 0 saturated carbocycles. The standard InChI is InChI=1S/C6H11NO3/c1-5(6(7)9)2-3-10-4-8/h4-5H,2-3H2,1H3,(H2,7,9). The third-order valence-corrected chi connectivity index (χ3v) is 1.22. The van der Waals surface area contributed by atoms with Gasteiger partial charge in [-0.2, -0.15) is 0 Å². The van der Waals surface area contributed by atoms with Gasteiger partial charge in [0.25, 0.3) is 6.47 Å². The van der Waals surface area contributed by atoms with Gasteiger partial charge in [0, 0.05) is 5.92 Å². The lowest BCUT2D eigenvalue weighted by molar-refractivity contribution is -0.130. The van der Waals surface area contributed by atoms with E-state index in [1.807, 2.05) is 0 Å². The molecule has 10 heavy (non-hydrogen) atoms. The Kier molecular flexibility index (Phi) is 4.28. The van der Waals surface area contributed by atoms with Crippen molar-refractivity contribution in [1.82, 2.24) is 0 Å². The first-order valence-corrected chi connectivity index (χ1v) is 3.03. The summed E-state index contributed by atoms with van der Waals surface area (Å²) in [5.41, 5.74) is 4.94. The van der Waals surface area contributed by atoms with E-state index in [1.165, 1.54) is 0 Å². The molecule has 0 aliphatic carbocycles. The molecule has 0 bridgehead atoms. The van der Waals surface area contributed by atoms with Crippen molar-refractivity contribution < 1.29 is 14.3 Å². The predicted molar refractivity (Wildman–Crippen MR) is 35.0 cm³/mol. The van der Waals surface area contributed by atoms with Crippen LogP contribution in [0.2, 0.25) is 0 Å². The number of ether oxygens (including phenoxy) is 1. The minimum Gasteiger partial charge on any atom is -0.468 e. The van der Waals surface area contributed by atoms with E-state index in [0.29, 0.717) is 12.9 Å². The van der Waals surface area contributed by atoms with Crippen LogP contribution in [-0.2, 0) is 14.3 Å². The van der Waals surface area contributed by atoms with E-state index in [2.05, 4.69) is 4.74 Å². The summed E-state index contributed by atoms with van der Waals surface area (Å²) in [6.45, 7) is 2.30. The van der Waals surface area contributed by atoms with E-state index in [4.69, 9.17) is 5.73 Å². The lowest BCUT2D eigenvalue weighted by Gasteiger charge is -2.03. The number of carbonyl (C=O) groups excluding carboxylic acids is 2. The monoisotopic (exact) mass is 145 g/mol. The SMILES string of the molecule is CC(CCOC=O)C(N)=O. The normalized spacial score (nSPS) is 12.1. The van der Waals surface area contributed by atoms with Crippen LogP contribution in [-0.4, -0.2) is 19.0 Å². The maximum Gasteiger partial charge on any atom is 0.293 e. The van der Waals surface area contributed by atoms with Crippen LogP contribution in [0.15, 0.2) is 0 Å². The first-order chi connectivity index (χ1) is 4.68. The van der Waals surface area contributed by atoms with E-state index in [9.17, 15) is 9.59 Å². The van der Waals surface area contributed by atoms with Gasteiger partial charge in [-0.25, -0.2) is 0 Å². The zero-order chi connectivity index (χ0) is 7.98. The van der Waals surface area contributed by atoms with Crippen LogP contribution < -0.4 is 5.73 Å². The summed E-state index contributed by atoms with van der Waals surface area (Å²) in [5.74, 6) is -0.588. The van der Waals surface area contributed by atoms with Gasteiger partial charge in [0.15, 0.2) is 0 Å². The van der Waals surface area contributed by atoms with Crippen molar-refractivity contribution in [1.29, 1.82) is 0 Å². The highest BCUT2D eigenvalue weighted by molar-refractivity contribution is 5.76. The summed E-state index contributed by atoms with van der Waals surface area (Å²) in [7, 11) is 0. The second-order valence-corrected chi connectivity index (χ2v) is 2.06. The fourth-order valence-electron chi connectivity index (χ4n) is 0.435. The minimum absolute atomic E-state index is 0.222. The second kappa shape index (κ2) is 4.78. The van der Waals surface area contributed by atoms with Gasteiger partial charge in [0.1, 0.15) is 0 Å². The van der Waals surface area contributed by atoms with Gasteiger partial charge in [-0.1, -0.05) is 6.92 Å². The third kappa shape index (κ3) is 3.88. The van der Waals surface area contributed by atoms with Crippen LogP contribution in [0.4, 0.5) is 0 Å². The lowest BCUT2D eigenvalue weighted by atomic mass is 10.1. The Hall–Kier alpha value is -1.06. The molecule has 0 aliphatic heterocycles. The maximum absolute atomic E-state index is 10.4. The van der Waals surface area contributed by atoms with Gasteiger partial charge in [0.2, 0.25) is 5.91 Å². The number of primary amides is 1. The highest BCUT2D eigenvalue weighted by Crippen LogP contribution is 1.98. The zero-order valence-corrected chi connectivity index (χ0v) is 5.87. The van der Waals surface area contributed by atoms with Gasteiger partial charge < -0.3 is 10.5 Å². The smallest absolute Gasteiger partial charge is 0.293 e. The molecule has 58 valence electrons. The van der Waals surface area contributed by atoms with Crippen molar-refractivity contribution >= 4 is 12.4 Å². The maximum atomic E-state index is 10.4. The van der Waals surface area contributed by atoms with E-state index < -0.39 is 0 Å². The van der Waals surface area contributed by atoms with E-state index >= 15 is 0 Å². The Bertz CT molecular complexity index is 124. The van der Waals surface area contributed by atoms with E-state index in [0.717, 1.165) is 0 Å². The molecular weight excluding hydrogens is 134 g/mol. The first-order valence-electron chi connectivity index (χ1n) is 3.03. The Labute approximate surface area is 59.3 Å². The van der Waals surface area contributed by atoms with Gasteiger partial charge in [-0.3, -0.25) is 9.59 Å². The van der Waals surface area contributed by atoms with Crippen molar-refractivity contribution in [3.05, 3.63) is 0 Å². The third-order valence-electron chi connectivity index (χ3n) is 1.22. The van der Waals surface area contributed by atoms with Gasteiger partial charge >= 0.3 is 0 Å². The molecule has 4 nitrogen and oxygen atoms in total. The molecule has 1 atom stereocenters. The van der Waals surface area contributed by atoms with Crippen LogP contribution >= 0.6 is 0 Å². The molecule has 1 amide bonds. The molecular formula is C6H11NO3. The zero-order valence-electron chi connectivity index (χ0n) is 5.87. The number of amides is 1. The fourth-order valence-corrected chi connectivity index (χ4v) is 0.435. The summed E-state index contributed by atoms with van der Waals surface area (Å²) in [6, 6.07) is 0. The Morgan fingerprint density at radius 1 is 1.80 bits per heavy atom. The number of hydrogen-bond donors (Lipinski definition) is 1. The van der Waals surface area contributed by atoms with Crippen LogP contribution in [0, 0.1) is 5.92 Å². The van der Waals surface area contributed by atoms with Crippen LogP contribution in [0.3, 0.4) is 0 Å². The molecule has 0 spiro atoms. The topological polar surface area (TPSA) is 69.4 Å². The predicted octanol–water partition coefficient (Wildman–Crippen LogP) is -0.329. The molecule has 0 fully saturated rings. The number of rotatable bonds is 5. The molecule has 0 rings (SSSR count). The summed E-state index contributed by atoms with van der Waals surface area (Å²) >= 11 is 0. The number of carbonyl (C=O) groups is 2. The molecule has 0 radical (unpaired) electrons. The van der Waals surface area contributed by atoms with Crippen LogP contribution in [0.5, 0.6) is 0 Å². The van der Waals surface area contributed by atoms with Crippen molar-refractivity contribution in [3.63, 3.8) is 0 Å². The van der Waals surface area contributed by atoms with Crippen molar-refractivity contribution in [3.8, 4) is 0 Å². The fraction of sp³-hybridized carbons (Fsp3) is 0.667. The highest BCUT2D eigenvalue weighted by atomic mass is 16.5. The average molecular weight is 145 g/mol. The van der Waals surface area contributed by atoms with E-state index in [-0.39, 0.29) is 18.4 Å². The molecule has 0 aromatic carbocycles. The Balaban J connectivity index is 3.30. The van der Waals surface area contributed by atoms with Crippen LogP contribution in [0.25, 0.3) is 0 Å². The summed E-state index contributed by atoms with van der Waals surface area (Å²) < 4.78 is 4.37. The van der Waals surface area contributed by atoms with Gasteiger partial charge in [-0.15, -0.1) is 0 Å². The highest BCUT2D eigenvalue weighted by Gasteiger charge is 2.07. The molecule has 0 heterocycles. The van der Waals surface area contributed by atoms with Crippen LogP contribution in [0.1, 0.15) is 13.3 Å². The molecule has 0 saturated heterocycles. The number of nitrogens with two attached hydrogens (primary N) is 1. The molecule has 4 heteroatoms. The van der Waals surface area contributed by atoms with Crippen molar-refractivity contribution in [2.45, 2.75) is 13.3 Å². The Morgan fingerprint density at radius 2 is 2.40 bits per heavy atom. The molecule has 1 unspecified atom stereocenters. The molecule has 2 N–H and O–H groups in total. The molecule has 0 aromatic rings. The quantitative estimate of drug-likeness (QED) is 0.425. The van der Waals surface area contributed by atoms with Gasteiger partial charge in [0.05, 0.1) is 6.61 Å². The van der Waals surface area contributed by atoms with Gasteiger partial charge in [-0.05, 0) is 6.42 Å². The molecule has 0 aromatic heterocycles. The van der Waals surface area contributed by atoms with Crippen molar-refractivity contribution in [2.24, 2.45) is 11.7 Å². The number of hydrogen-bond acceptors (Lipinski definition) is 3. The summed E-state index contributed by atoms with van der Waals surface area (Å²) in [5, 5.41) is 0. The largest absolute Gasteiger partial charge is 0.468 e. The second-order valence-electron chi connectivity index (χ2n) is 2.06. The first kappa shape index (κ1) is 8.94. The Morgan fingerprint density at radius 3 is 2.80 bits per heavy atom.